The number of nitro benzene ring substituents is 1. The molecular weight excluding hydrogens is 308 g/mol. The number of primary sulfonamides is 1. The summed E-state index contributed by atoms with van der Waals surface area (Å²) in [5.74, 6) is -1.02. The lowest BCUT2D eigenvalue weighted by molar-refractivity contribution is -0.388. The van der Waals surface area contributed by atoms with E-state index < -0.39 is 31.9 Å². The minimum Gasteiger partial charge on any atom is -0.481 e. The summed E-state index contributed by atoms with van der Waals surface area (Å²) in [5, 5.41) is 24.1. The molecule has 3 N–H and O–H groups in total. The first-order chi connectivity index (χ1) is 9.11. The van der Waals surface area contributed by atoms with Crippen LogP contribution in [0.15, 0.2) is 28.0 Å². The van der Waals surface area contributed by atoms with Gasteiger partial charge in [-0.1, -0.05) is 6.92 Å². The molecule has 10 heteroatoms. The number of carboxylic acid groups (broad SMARTS) is 1. The van der Waals surface area contributed by atoms with Crippen LogP contribution < -0.4 is 5.14 Å². The number of nitro groups is 1. The van der Waals surface area contributed by atoms with Crippen molar-refractivity contribution >= 4 is 33.4 Å². The van der Waals surface area contributed by atoms with Crippen molar-refractivity contribution in [3.05, 3.63) is 28.3 Å². The summed E-state index contributed by atoms with van der Waals surface area (Å²) in [4.78, 5) is 20.6. The van der Waals surface area contributed by atoms with E-state index in [1.54, 1.807) is 6.92 Å². The molecule has 110 valence electrons. The summed E-state index contributed by atoms with van der Waals surface area (Å²) in [6.45, 7) is 1.61. The number of sulfonamides is 1. The van der Waals surface area contributed by atoms with Gasteiger partial charge in [0.25, 0.3) is 5.69 Å². The zero-order valence-corrected chi connectivity index (χ0v) is 12.0. The zero-order chi connectivity index (χ0) is 15.5. The van der Waals surface area contributed by atoms with Gasteiger partial charge in [-0.15, -0.1) is 11.8 Å². The third-order valence-corrected chi connectivity index (χ3v) is 4.33. The van der Waals surface area contributed by atoms with Gasteiger partial charge in [-0.2, -0.15) is 0 Å². The van der Waals surface area contributed by atoms with Gasteiger partial charge in [0.05, 0.1) is 21.1 Å². The first-order valence-corrected chi connectivity index (χ1v) is 7.73. The number of nitrogens with zero attached hydrogens (tertiary/aromatic N) is 1. The SMILES string of the molecule is CC(CC(=O)O)Sc1ccc(S(N)(=O)=O)cc1[N+](=O)[O-]. The maximum absolute atomic E-state index is 11.2. The number of thioether (sulfide) groups is 1. The average Bonchev–Trinajstić information content (AvgIpc) is 2.26. The largest absolute Gasteiger partial charge is 0.481 e. The number of carbonyl (C=O) groups is 1. The van der Waals surface area contributed by atoms with Crippen LogP contribution in [0.5, 0.6) is 0 Å². The zero-order valence-electron chi connectivity index (χ0n) is 10.3. The molecule has 0 fully saturated rings. The third-order valence-electron chi connectivity index (χ3n) is 2.25. The van der Waals surface area contributed by atoms with Crippen LogP contribution in [0.2, 0.25) is 0 Å². The molecule has 0 radical (unpaired) electrons. The van der Waals surface area contributed by atoms with E-state index in [4.69, 9.17) is 10.2 Å². The fourth-order valence-corrected chi connectivity index (χ4v) is 3.01. The number of nitrogens with two attached hydrogens (primary N) is 1. The standard InChI is InChI=1S/C10H12N2O6S2/c1-6(4-10(13)14)19-9-3-2-7(20(11,17)18)5-8(9)12(15)16/h2-3,5-6H,4H2,1H3,(H,13,14)(H2,11,17,18). The van der Waals surface area contributed by atoms with Gasteiger partial charge < -0.3 is 5.11 Å². The molecule has 20 heavy (non-hydrogen) atoms. The smallest absolute Gasteiger partial charge is 0.304 e. The maximum atomic E-state index is 11.2. The van der Waals surface area contributed by atoms with Crippen LogP contribution in [0.3, 0.4) is 0 Å². The summed E-state index contributed by atoms with van der Waals surface area (Å²) in [7, 11) is -4.03. The average molecular weight is 320 g/mol. The van der Waals surface area contributed by atoms with Crippen LogP contribution in [-0.4, -0.2) is 29.7 Å². The second-order valence-corrected chi connectivity index (χ2v) is 7.00. The van der Waals surface area contributed by atoms with Crippen LogP contribution in [0, 0.1) is 10.1 Å². The maximum Gasteiger partial charge on any atom is 0.304 e. The Bertz CT molecular complexity index is 643. The van der Waals surface area contributed by atoms with Crippen LogP contribution in [-0.2, 0) is 14.8 Å². The topological polar surface area (TPSA) is 141 Å². The lowest BCUT2D eigenvalue weighted by Gasteiger charge is -2.09. The second-order valence-electron chi connectivity index (χ2n) is 3.96. The first kappa shape index (κ1) is 16.4. The van der Waals surface area contributed by atoms with E-state index >= 15 is 0 Å². The Morgan fingerprint density at radius 1 is 1.55 bits per heavy atom. The molecule has 0 amide bonds. The van der Waals surface area contributed by atoms with Crippen molar-refractivity contribution in [3.8, 4) is 0 Å². The molecule has 0 aliphatic rings. The molecule has 1 aromatic rings. The number of benzene rings is 1. The number of carboxylic acids is 1. The van der Waals surface area contributed by atoms with Crippen molar-refractivity contribution in [2.75, 3.05) is 0 Å². The number of hydrogen-bond donors (Lipinski definition) is 2. The highest BCUT2D eigenvalue weighted by Gasteiger charge is 2.21. The molecule has 1 aromatic carbocycles. The number of rotatable bonds is 6. The Balaban J connectivity index is 3.15. The fraction of sp³-hybridized carbons (Fsp3) is 0.300. The van der Waals surface area contributed by atoms with E-state index in [1.165, 1.54) is 6.07 Å². The minimum absolute atomic E-state index is 0.168. The van der Waals surface area contributed by atoms with Crippen LogP contribution in [0.25, 0.3) is 0 Å². The quantitative estimate of drug-likeness (QED) is 0.455. The summed E-state index contributed by atoms with van der Waals surface area (Å²) < 4.78 is 22.3. The molecule has 0 saturated heterocycles. The van der Waals surface area contributed by atoms with Crippen molar-refractivity contribution in [2.45, 2.75) is 28.4 Å². The summed E-state index contributed by atoms with van der Waals surface area (Å²) in [6, 6.07) is 3.27. The van der Waals surface area contributed by atoms with Crippen molar-refractivity contribution < 1.29 is 23.2 Å². The first-order valence-electron chi connectivity index (χ1n) is 5.31. The van der Waals surface area contributed by atoms with Crippen LogP contribution in [0.4, 0.5) is 5.69 Å². The van der Waals surface area contributed by atoms with Crippen molar-refractivity contribution in [2.24, 2.45) is 5.14 Å². The van der Waals surface area contributed by atoms with Gasteiger partial charge in [0.2, 0.25) is 10.0 Å². The number of hydrogen-bond acceptors (Lipinski definition) is 6. The highest BCUT2D eigenvalue weighted by atomic mass is 32.2. The minimum atomic E-state index is -4.03. The Kier molecular flexibility index (Phi) is 5.09. The van der Waals surface area contributed by atoms with E-state index in [2.05, 4.69) is 0 Å². The predicted octanol–water partition coefficient (Wildman–Crippen LogP) is 1.20. The summed E-state index contributed by atoms with van der Waals surface area (Å²) in [5.41, 5.74) is -0.418. The molecule has 1 unspecified atom stereocenters. The molecule has 0 spiro atoms. The van der Waals surface area contributed by atoms with E-state index in [1.807, 2.05) is 0 Å². The molecule has 8 nitrogen and oxygen atoms in total. The lowest BCUT2D eigenvalue weighted by atomic mass is 10.3. The Morgan fingerprint density at radius 2 is 2.15 bits per heavy atom. The summed E-state index contributed by atoms with van der Waals surface area (Å²) in [6.07, 6.45) is -0.168. The van der Waals surface area contributed by atoms with E-state index in [0.29, 0.717) is 0 Å². The number of aliphatic carboxylic acids is 1. The van der Waals surface area contributed by atoms with Crippen LogP contribution >= 0.6 is 11.8 Å². The van der Waals surface area contributed by atoms with Crippen LogP contribution in [0.1, 0.15) is 13.3 Å². The van der Waals surface area contributed by atoms with E-state index in [-0.39, 0.29) is 16.2 Å². The van der Waals surface area contributed by atoms with Gasteiger partial charge in [0, 0.05) is 11.3 Å². The Hall–Kier alpha value is -1.65. The van der Waals surface area contributed by atoms with Gasteiger partial charge in [-0.05, 0) is 12.1 Å². The van der Waals surface area contributed by atoms with Gasteiger partial charge in [0.15, 0.2) is 0 Å². The molecule has 0 aliphatic heterocycles. The second kappa shape index (κ2) is 6.20. The molecular formula is C10H12N2O6S2. The normalized spacial score (nSPS) is 12.9. The molecule has 0 aromatic heterocycles. The van der Waals surface area contributed by atoms with Crippen molar-refractivity contribution in [1.29, 1.82) is 0 Å². The Labute approximate surface area is 119 Å². The van der Waals surface area contributed by atoms with Gasteiger partial charge in [-0.25, -0.2) is 13.6 Å². The predicted molar refractivity (Wildman–Crippen MR) is 72.0 cm³/mol. The monoisotopic (exact) mass is 320 g/mol. The van der Waals surface area contributed by atoms with Gasteiger partial charge in [0.1, 0.15) is 0 Å². The van der Waals surface area contributed by atoms with Crippen molar-refractivity contribution in [1.82, 2.24) is 0 Å². The molecule has 0 saturated carbocycles. The molecule has 0 bridgehead atoms. The lowest BCUT2D eigenvalue weighted by Crippen LogP contribution is -2.12. The van der Waals surface area contributed by atoms with Gasteiger partial charge >= 0.3 is 5.97 Å². The Morgan fingerprint density at radius 3 is 2.60 bits per heavy atom. The third kappa shape index (κ3) is 4.47. The molecule has 0 aliphatic carbocycles. The van der Waals surface area contributed by atoms with E-state index in [9.17, 15) is 23.3 Å². The van der Waals surface area contributed by atoms with Gasteiger partial charge in [-0.3, -0.25) is 14.9 Å². The molecule has 0 heterocycles. The molecule has 1 rings (SSSR count). The molecule has 1 atom stereocenters. The summed E-state index contributed by atoms with van der Waals surface area (Å²) >= 11 is 0.988. The van der Waals surface area contributed by atoms with Crippen molar-refractivity contribution in [3.63, 3.8) is 0 Å². The van der Waals surface area contributed by atoms with E-state index in [0.717, 1.165) is 23.9 Å². The highest BCUT2D eigenvalue weighted by Crippen LogP contribution is 2.34. The highest BCUT2D eigenvalue weighted by molar-refractivity contribution is 8.00. The fourth-order valence-electron chi connectivity index (χ4n) is 1.42.